The van der Waals surface area contributed by atoms with Crippen molar-refractivity contribution in [3.63, 3.8) is 0 Å². The highest BCUT2D eigenvalue weighted by Crippen LogP contribution is 2.30. The zero-order chi connectivity index (χ0) is 15.3. The molecule has 0 bridgehead atoms. The smallest absolute Gasteiger partial charge is 0.395 e. The molecular weight excluding hydrogens is 293 g/mol. The van der Waals surface area contributed by atoms with E-state index in [1.165, 1.54) is 18.8 Å². The summed E-state index contributed by atoms with van der Waals surface area (Å²) in [4.78, 5) is 7.31. The Morgan fingerprint density at radius 2 is 2.05 bits per heavy atom. The molecular formula is C11H17F3N4OS. The van der Waals surface area contributed by atoms with Crippen LogP contribution in [0.4, 0.5) is 24.9 Å². The number of nitrogens with zero attached hydrogens (tertiary/aromatic N) is 2. The lowest BCUT2D eigenvalue weighted by molar-refractivity contribution is -0.141. The Morgan fingerprint density at radius 1 is 1.40 bits per heavy atom. The van der Waals surface area contributed by atoms with Gasteiger partial charge < -0.3 is 15.7 Å². The number of aromatic nitrogens is 2. The van der Waals surface area contributed by atoms with Crippen LogP contribution in [0.5, 0.6) is 0 Å². The minimum absolute atomic E-state index is 0.0664. The predicted molar refractivity (Wildman–Crippen MR) is 74.1 cm³/mol. The van der Waals surface area contributed by atoms with E-state index in [0.29, 0.717) is 0 Å². The Morgan fingerprint density at radius 3 is 2.50 bits per heavy atom. The second kappa shape index (κ2) is 6.98. The van der Waals surface area contributed by atoms with Gasteiger partial charge in [-0.15, -0.1) is 0 Å². The highest BCUT2D eigenvalue weighted by atomic mass is 32.2. The second-order valence-electron chi connectivity index (χ2n) is 4.10. The number of thioether (sulfide) groups is 1. The number of hydrogen-bond acceptors (Lipinski definition) is 6. The molecule has 0 amide bonds. The van der Waals surface area contributed by atoms with Crippen LogP contribution in [0.1, 0.15) is 12.6 Å². The fourth-order valence-corrected chi connectivity index (χ4v) is 2.17. The summed E-state index contributed by atoms with van der Waals surface area (Å²) < 4.78 is 38.2. The van der Waals surface area contributed by atoms with E-state index in [1.807, 2.05) is 6.26 Å². The van der Waals surface area contributed by atoms with Crippen molar-refractivity contribution in [3.8, 4) is 0 Å². The van der Waals surface area contributed by atoms with E-state index in [-0.39, 0.29) is 29.7 Å². The van der Waals surface area contributed by atoms with E-state index in [2.05, 4.69) is 20.6 Å². The van der Waals surface area contributed by atoms with Crippen LogP contribution >= 0.6 is 11.8 Å². The number of alkyl halides is 3. The molecule has 0 spiro atoms. The van der Waals surface area contributed by atoms with Gasteiger partial charge in [0.15, 0.2) is 5.69 Å². The van der Waals surface area contributed by atoms with Crippen LogP contribution in [0, 0.1) is 0 Å². The molecule has 20 heavy (non-hydrogen) atoms. The van der Waals surface area contributed by atoms with Gasteiger partial charge in [-0.1, -0.05) is 0 Å². The lowest BCUT2D eigenvalue weighted by Gasteiger charge is -2.22. The highest BCUT2D eigenvalue weighted by molar-refractivity contribution is 7.99. The minimum Gasteiger partial charge on any atom is -0.395 e. The van der Waals surface area contributed by atoms with Crippen LogP contribution in [0.2, 0.25) is 0 Å². The highest BCUT2D eigenvalue weighted by Gasteiger charge is 2.34. The fourth-order valence-electron chi connectivity index (χ4n) is 1.54. The monoisotopic (exact) mass is 310 g/mol. The molecule has 0 aromatic carbocycles. The molecule has 0 aliphatic carbocycles. The quantitative estimate of drug-likeness (QED) is 0.747. The summed E-state index contributed by atoms with van der Waals surface area (Å²) in [7, 11) is 1.45. The first-order valence-electron chi connectivity index (χ1n) is 5.86. The molecule has 0 aliphatic rings. The van der Waals surface area contributed by atoms with Gasteiger partial charge in [-0.25, -0.2) is 4.98 Å². The fraction of sp³-hybridized carbons (Fsp3) is 0.636. The van der Waals surface area contributed by atoms with Crippen molar-refractivity contribution < 1.29 is 18.3 Å². The third kappa shape index (κ3) is 4.41. The van der Waals surface area contributed by atoms with E-state index in [4.69, 9.17) is 0 Å². The Labute approximate surface area is 119 Å². The first-order chi connectivity index (χ1) is 9.31. The van der Waals surface area contributed by atoms with Crippen molar-refractivity contribution in [2.24, 2.45) is 0 Å². The van der Waals surface area contributed by atoms with Crippen molar-refractivity contribution >= 4 is 23.5 Å². The van der Waals surface area contributed by atoms with Crippen LogP contribution in [-0.2, 0) is 6.18 Å². The van der Waals surface area contributed by atoms with Crippen molar-refractivity contribution in [1.82, 2.24) is 9.97 Å². The first kappa shape index (κ1) is 16.8. The molecule has 1 heterocycles. The van der Waals surface area contributed by atoms with E-state index in [0.717, 1.165) is 6.07 Å². The number of halogens is 3. The molecule has 2 unspecified atom stereocenters. The Bertz CT molecular complexity index is 440. The van der Waals surface area contributed by atoms with Gasteiger partial charge in [-0.3, -0.25) is 0 Å². The molecule has 0 fully saturated rings. The van der Waals surface area contributed by atoms with Crippen LogP contribution in [-0.4, -0.2) is 46.3 Å². The number of rotatable bonds is 6. The standard InChI is InChI=1S/C11H17F3N4OS/c1-6(7(5-19)20-3)16-9-4-8(11(12,13)14)17-10(15-2)18-9/h4,6-7,19H,5H2,1-3H3,(H2,15,16,17,18). The maximum atomic E-state index is 12.7. The minimum atomic E-state index is -4.54. The average molecular weight is 310 g/mol. The molecule has 3 N–H and O–H groups in total. The van der Waals surface area contributed by atoms with E-state index in [9.17, 15) is 18.3 Å². The van der Waals surface area contributed by atoms with Gasteiger partial charge in [0.1, 0.15) is 5.82 Å². The molecule has 0 saturated heterocycles. The summed E-state index contributed by atoms with van der Waals surface area (Å²) in [5.74, 6) is -0.0455. The van der Waals surface area contributed by atoms with Crippen LogP contribution < -0.4 is 10.6 Å². The summed E-state index contributed by atoms with van der Waals surface area (Å²) in [6.45, 7) is 1.69. The van der Waals surface area contributed by atoms with Crippen molar-refractivity contribution in [2.45, 2.75) is 24.4 Å². The summed E-state index contributed by atoms with van der Waals surface area (Å²) in [5.41, 5.74) is -1.02. The van der Waals surface area contributed by atoms with Gasteiger partial charge in [-0.2, -0.15) is 29.9 Å². The molecule has 5 nitrogen and oxygen atoms in total. The largest absolute Gasteiger partial charge is 0.433 e. The lowest BCUT2D eigenvalue weighted by atomic mass is 10.2. The van der Waals surface area contributed by atoms with Gasteiger partial charge in [0.2, 0.25) is 5.95 Å². The third-order valence-corrected chi connectivity index (χ3v) is 3.82. The topological polar surface area (TPSA) is 70.1 Å². The molecule has 114 valence electrons. The Kier molecular flexibility index (Phi) is 5.88. The predicted octanol–water partition coefficient (Wildman–Crippen LogP) is 2.06. The number of aliphatic hydroxyl groups excluding tert-OH is 1. The zero-order valence-electron chi connectivity index (χ0n) is 11.3. The summed E-state index contributed by atoms with van der Waals surface area (Å²) in [5, 5.41) is 14.4. The van der Waals surface area contributed by atoms with E-state index < -0.39 is 11.9 Å². The molecule has 1 aromatic rings. The van der Waals surface area contributed by atoms with Crippen molar-refractivity contribution in [1.29, 1.82) is 0 Å². The molecule has 0 radical (unpaired) electrons. The van der Waals surface area contributed by atoms with Crippen LogP contribution in [0.3, 0.4) is 0 Å². The average Bonchev–Trinajstić information content (AvgIpc) is 2.38. The lowest BCUT2D eigenvalue weighted by Crippen LogP contribution is -2.31. The zero-order valence-corrected chi connectivity index (χ0v) is 12.1. The van der Waals surface area contributed by atoms with Gasteiger partial charge in [-0.05, 0) is 13.2 Å². The van der Waals surface area contributed by atoms with Gasteiger partial charge in [0.25, 0.3) is 0 Å². The third-order valence-electron chi connectivity index (χ3n) is 2.66. The van der Waals surface area contributed by atoms with Crippen molar-refractivity contribution in [2.75, 3.05) is 30.5 Å². The second-order valence-corrected chi connectivity index (χ2v) is 5.18. The van der Waals surface area contributed by atoms with Crippen LogP contribution in [0.25, 0.3) is 0 Å². The molecule has 9 heteroatoms. The molecule has 2 atom stereocenters. The molecule has 0 aliphatic heterocycles. The summed E-state index contributed by atoms with van der Waals surface area (Å²) in [6, 6.07) is 0.613. The number of aliphatic hydroxyl groups is 1. The van der Waals surface area contributed by atoms with Crippen molar-refractivity contribution in [3.05, 3.63) is 11.8 Å². The normalized spacial score (nSPS) is 14.8. The maximum absolute atomic E-state index is 12.7. The SMILES string of the molecule is CNc1nc(NC(C)C(CO)SC)cc(C(F)(F)F)n1. The van der Waals surface area contributed by atoms with Crippen LogP contribution in [0.15, 0.2) is 6.07 Å². The summed E-state index contributed by atoms with van der Waals surface area (Å²) >= 11 is 1.42. The molecule has 0 saturated carbocycles. The molecule has 1 aromatic heterocycles. The first-order valence-corrected chi connectivity index (χ1v) is 7.14. The number of anilines is 2. The van der Waals surface area contributed by atoms with Gasteiger partial charge in [0, 0.05) is 24.4 Å². The van der Waals surface area contributed by atoms with E-state index >= 15 is 0 Å². The molecule has 1 rings (SSSR count). The Balaban J connectivity index is 3.00. The van der Waals surface area contributed by atoms with Gasteiger partial charge in [0.05, 0.1) is 6.61 Å². The van der Waals surface area contributed by atoms with Gasteiger partial charge >= 0.3 is 6.18 Å². The Hall–Kier alpha value is -1.22. The maximum Gasteiger partial charge on any atom is 0.433 e. The van der Waals surface area contributed by atoms with E-state index in [1.54, 1.807) is 6.92 Å². The number of hydrogen-bond donors (Lipinski definition) is 3. The number of nitrogens with one attached hydrogen (secondary N) is 2. The summed E-state index contributed by atoms with van der Waals surface area (Å²) in [6.07, 6.45) is -2.72.